The van der Waals surface area contributed by atoms with Crippen LogP contribution in [0.15, 0.2) is 18.2 Å². The highest BCUT2D eigenvalue weighted by atomic mass is 16.5. The molecule has 0 spiro atoms. The van der Waals surface area contributed by atoms with E-state index >= 15 is 0 Å². The van der Waals surface area contributed by atoms with Gasteiger partial charge in [-0.1, -0.05) is 0 Å². The smallest absolute Gasteiger partial charge is 0.223 e. The van der Waals surface area contributed by atoms with E-state index in [-0.39, 0.29) is 17.9 Å². The van der Waals surface area contributed by atoms with Crippen molar-refractivity contribution >= 4 is 5.91 Å². The molecule has 23 heavy (non-hydrogen) atoms. The van der Waals surface area contributed by atoms with Crippen molar-refractivity contribution < 1.29 is 24.1 Å². The number of methoxy groups -OCH3 is 3. The van der Waals surface area contributed by atoms with Gasteiger partial charge in [0.15, 0.2) is 0 Å². The lowest BCUT2D eigenvalue weighted by Gasteiger charge is -2.31. The Morgan fingerprint density at radius 2 is 2.04 bits per heavy atom. The first-order valence-electron chi connectivity index (χ1n) is 7.78. The number of aliphatic hydroxyl groups is 1. The van der Waals surface area contributed by atoms with E-state index in [4.69, 9.17) is 14.2 Å². The van der Waals surface area contributed by atoms with Crippen LogP contribution < -0.4 is 14.8 Å². The monoisotopic (exact) mass is 323 g/mol. The zero-order valence-electron chi connectivity index (χ0n) is 13.9. The van der Waals surface area contributed by atoms with Gasteiger partial charge in [0.05, 0.1) is 26.4 Å². The van der Waals surface area contributed by atoms with E-state index in [1.165, 1.54) is 0 Å². The molecule has 0 saturated heterocycles. The maximum Gasteiger partial charge on any atom is 0.223 e. The average molecular weight is 323 g/mol. The molecule has 0 aliphatic heterocycles. The standard InChI is InChI=1S/C17H25NO5/c1-21-13-5-7-15(22-2)12(8-13)10-18-17(20)11-4-6-14(19)16(9-11)23-3/h5,7-8,11,14,16,19H,4,6,9-10H2,1-3H3,(H,18,20). The van der Waals surface area contributed by atoms with Crippen molar-refractivity contribution in [3.63, 3.8) is 0 Å². The summed E-state index contributed by atoms with van der Waals surface area (Å²) in [5.41, 5.74) is 0.860. The third kappa shape index (κ3) is 4.36. The molecular formula is C17H25NO5. The molecule has 6 nitrogen and oxygen atoms in total. The van der Waals surface area contributed by atoms with Gasteiger partial charge >= 0.3 is 0 Å². The Morgan fingerprint density at radius 1 is 1.26 bits per heavy atom. The molecule has 2 N–H and O–H groups in total. The second kappa shape index (κ2) is 8.17. The molecule has 0 aromatic heterocycles. The lowest BCUT2D eigenvalue weighted by molar-refractivity contribution is -0.130. The van der Waals surface area contributed by atoms with Gasteiger partial charge in [0, 0.05) is 25.1 Å². The first-order valence-corrected chi connectivity index (χ1v) is 7.78. The van der Waals surface area contributed by atoms with Crippen molar-refractivity contribution in [2.24, 2.45) is 5.92 Å². The minimum atomic E-state index is -0.484. The van der Waals surface area contributed by atoms with Gasteiger partial charge in [-0.2, -0.15) is 0 Å². The molecule has 1 aliphatic carbocycles. The summed E-state index contributed by atoms with van der Waals surface area (Å²) < 4.78 is 15.8. The molecule has 1 amide bonds. The summed E-state index contributed by atoms with van der Waals surface area (Å²) in [5, 5.41) is 12.8. The van der Waals surface area contributed by atoms with Crippen molar-refractivity contribution in [1.29, 1.82) is 0 Å². The minimum absolute atomic E-state index is 0.0242. The molecule has 1 aliphatic rings. The number of nitrogens with one attached hydrogen (secondary N) is 1. The SMILES string of the molecule is COc1ccc(OC)c(CNC(=O)C2CCC(O)C(OC)C2)c1. The number of carbonyl (C=O) groups excluding carboxylic acids is 1. The van der Waals surface area contributed by atoms with Crippen molar-refractivity contribution in [1.82, 2.24) is 5.32 Å². The predicted molar refractivity (Wildman–Crippen MR) is 85.5 cm³/mol. The van der Waals surface area contributed by atoms with Crippen LogP contribution in [-0.2, 0) is 16.1 Å². The first kappa shape index (κ1) is 17.6. The van der Waals surface area contributed by atoms with E-state index in [9.17, 15) is 9.90 Å². The molecule has 0 bridgehead atoms. The summed E-state index contributed by atoms with van der Waals surface area (Å²) in [6.07, 6.45) is 1.04. The van der Waals surface area contributed by atoms with Crippen LogP contribution in [0, 0.1) is 5.92 Å². The highest BCUT2D eigenvalue weighted by Crippen LogP contribution is 2.27. The Balaban J connectivity index is 1.96. The van der Waals surface area contributed by atoms with Gasteiger partial charge in [0.25, 0.3) is 0 Å². The van der Waals surface area contributed by atoms with Crippen molar-refractivity contribution in [3.8, 4) is 11.5 Å². The highest BCUT2D eigenvalue weighted by molar-refractivity contribution is 5.78. The highest BCUT2D eigenvalue weighted by Gasteiger charge is 2.32. The minimum Gasteiger partial charge on any atom is -0.497 e. The van der Waals surface area contributed by atoms with Crippen molar-refractivity contribution in [2.75, 3.05) is 21.3 Å². The maximum absolute atomic E-state index is 12.4. The topological polar surface area (TPSA) is 77.0 Å². The van der Waals surface area contributed by atoms with Gasteiger partial charge in [-0.3, -0.25) is 4.79 Å². The zero-order chi connectivity index (χ0) is 16.8. The quantitative estimate of drug-likeness (QED) is 0.829. The fraction of sp³-hybridized carbons (Fsp3) is 0.588. The van der Waals surface area contributed by atoms with Crippen LogP contribution >= 0.6 is 0 Å². The van der Waals surface area contributed by atoms with Gasteiger partial charge in [0.2, 0.25) is 5.91 Å². The molecule has 0 radical (unpaired) electrons. The molecular weight excluding hydrogens is 298 g/mol. The average Bonchev–Trinajstić information content (AvgIpc) is 2.59. The fourth-order valence-electron chi connectivity index (χ4n) is 2.95. The lowest BCUT2D eigenvalue weighted by Crippen LogP contribution is -2.41. The molecule has 1 fully saturated rings. The number of hydrogen-bond acceptors (Lipinski definition) is 5. The Morgan fingerprint density at radius 3 is 2.70 bits per heavy atom. The number of ether oxygens (including phenoxy) is 3. The molecule has 3 atom stereocenters. The third-order valence-corrected chi connectivity index (χ3v) is 4.37. The molecule has 6 heteroatoms. The van der Waals surface area contributed by atoms with E-state index in [1.54, 1.807) is 21.3 Å². The van der Waals surface area contributed by atoms with E-state index in [0.717, 1.165) is 11.3 Å². The molecule has 0 heterocycles. The summed E-state index contributed by atoms with van der Waals surface area (Å²) in [6.45, 7) is 0.371. The van der Waals surface area contributed by atoms with Gasteiger partial charge < -0.3 is 24.6 Å². The summed E-state index contributed by atoms with van der Waals surface area (Å²) in [5.74, 6) is 1.26. The van der Waals surface area contributed by atoms with Crippen LogP contribution in [0.25, 0.3) is 0 Å². The Bertz CT molecular complexity index is 534. The zero-order valence-corrected chi connectivity index (χ0v) is 13.9. The van der Waals surface area contributed by atoms with Crippen LogP contribution in [0.3, 0.4) is 0 Å². The first-order chi connectivity index (χ1) is 11.1. The molecule has 128 valence electrons. The number of rotatable bonds is 6. The predicted octanol–water partition coefficient (Wildman–Crippen LogP) is 1.50. The summed E-state index contributed by atoms with van der Waals surface area (Å²) in [7, 11) is 4.76. The summed E-state index contributed by atoms with van der Waals surface area (Å²) >= 11 is 0. The summed E-state index contributed by atoms with van der Waals surface area (Å²) in [4.78, 5) is 12.4. The molecule has 3 unspecified atom stereocenters. The molecule has 1 aromatic carbocycles. The number of aliphatic hydroxyl groups excluding tert-OH is 1. The number of benzene rings is 1. The third-order valence-electron chi connectivity index (χ3n) is 4.37. The molecule has 2 rings (SSSR count). The van der Waals surface area contributed by atoms with E-state index < -0.39 is 6.10 Å². The van der Waals surface area contributed by atoms with Crippen molar-refractivity contribution in [2.45, 2.75) is 38.0 Å². The Hall–Kier alpha value is -1.79. The number of hydrogen-bond donors (Lipinski definition) is 2. The van der Waals surface area contributed by atoms with Crippen LogP contribution in [0.1, 0.15) is 24.8 Å². The van der Waals surface area contributed by atoms with E-state index in [1.807, 2.05) is 18.2 Å². The van der Waals surface area contributed by atoms with Crippen LogP contribution in [0.4, 0.5) is 0 Å². The van der Waals surface area contributed by atoms with Gasteiger partial charge in [-0.25, -0.2) is 0 Å². The van der Waals surface area contributed by atoms with Crippen molar-refractivity contribution in [3.05, 3.63) is 23.8 Å². The van der Waals surface area contributed by atoms with Crippen LogP contribution in [0.2, 0.25) is 0 Å². The molecule has 1 aromatic rings. The largest absolute Gasteiger partial charge is 0.497 e. The van der Waals surface area contributed by atoms with Gasteiger partial charge in [-0.15, -0.1) is 0 Å². The number of amides is 1. The Kier molecular flexibility index (Phi) is 6.24. The van der Waals surface area contributed by atoms with Crippen LogP contribution in [-0.4, -0.2) is 44.6 Å². The van der Waals surface area contributed by atoms with Gasteiger partial charge in [0.1, 0.15) is 11.5 Å². The van der Waals surface area contributed by atoms with E-state index in [0.29, 0.717) is 31.6 Å². The molecule has 1 saturated carbocycles. The number of carbonyl (C=O) groups is 1. The fourth-order valence-corrected chi connectivity index (χ4v) is 2.95. The lowest BCUT2D eigenvalue weighted by atomic mass is 9.84. The summed E-state index contributed by atoms with van der Waals surface area (Å²) in [6, 6.07) is 5.48. The second-order valence-electron chi connectivity index (χ2n) is 5.75. The maximum atomic E-state index is 12.4. The van der Waals surface area contributed by atoms with Crippen LogP contribution in [0.5, 0.6) is 11.5 Å². The normalized spacial score (nSPS) is 24.1. The Labute approximate surface area is 136 Å². The van der Waals surface area contributed by atoms with E-state index in [2.05, 4.69) is 5.32 Å². The van der Waals surface area contributed by atoms with Gasteiger partial charge in [-0.05, 0) is 37.5 Å². The second-order valence-corrected chi connectivity index (χ2v) is 5.75.